The van der Waals surface area contributed by atoms with Gasteiger partial charge in [0.2, 0.25) is 5.91 Å². The fourth-order valence-electron chi connectivity index (χ4n) is 4.26. The Labute approximate surface area is 176 Å². The molecule has 2 aromatic rings. The summed E-state index contributed by atoms with van der Waals surface area (Å²) < 4.78 is 1.83. The lowest BCUT2D eigenvalue weighted by atomic mass is 9.85. The van der Waals surface area contributed by atoms with Crippen LogP contribution in [0.15, 0.2) is 30.3 Å². The minimum Gasteiger partial charge on any atom is -0.481 e. The number of carbonyl (C=O) groups excluding carboxylic acids is 2. The topological polar surface area (TPSA) is 100 Å². The maximum absolute atomic E-state index is 13.0. The van der Waals surface area contributed by atoms with Crippen molar-refractivity contribution in [3.05, 3.63) is 36.0 Å². The van der Waals surface area contributed by atoms with E-state index in [2.05, 4.69) is 10.6 Å². The Kier molecular flexibility index (Phi) is 7.13. The molecular formula is C23H31N3O4. The number of carboxylic acids is 1. The number of carboxylic acid groups (broad SMARTS) is 1. The molecule has 1 aromatic heterocycles. The van der Waals surface area contributed by atoms with Crippen LogP contribution in [0.1, 0.15) is 62.4 Å². The van der Waals surface area contributed by atoms with Gasteiger partial charge in [0.15, 0.2) is 0 Å². The lowest BCUT2D eigenvalue weighted by molar-refractivity contribution is -0.143. The number of aliphatic carboxylic acids is 1. The van der Waals surface area contributed by atoms with E-state index >= 15 is 0 Å². The Morgan fingerprint density at radius 3 is 2.70 bits per heavy atom. The number of benzene rings is 1. The fourth-order valence-corrected chi connectivity index (χ4v) is 4.26. The second kappa shape index (κ2) is 9.78. The summed E-state index contributed by atoms with van der Waals surface area (Å²) in [6, 6.07) is 8.79. The first-order chi connectivity index (χ1) is 14.4. The third-order valence-electron chi connectivity index (χ3n) is 6.02. The van der Waals surface area contributed by atoms with Crippen LogP contribution in [0, 0.1) is 5.92 Å². The highest BCUT2D eigenvalue weighted by atomic mass is 16.4. The molecule has 3 atom stereocenters. The van der Waals surface area contributed by atoms with Crippen LogP contribution in [0.4, 0.5) is 0 Å². The third kappa shape index (κ3) is 5.01. The number of aryl methyl sites for hydroxylation is 1. The summed E-state index contributed by atoms with van der Waals surface area (Å²) in [5.41, 5.74) is 1.47. The van der Waals surface area contributed by atoms with Crippen LogP contribution in [0.5, 0.6) is 0 Å². The summed E-state index contributed by atoms with van der Waals surface area (Å²) in [6.45, 7) is 2.04. The van der Waals surface area contributed by atoms with Gasteiger partial charge in [-0.2, -0.15) is 0 Å². The maximum Gasteiger partial charge on any atom is 0.306 e. The normalized spacial score (nSPS) is 19.9. The molecule has 1 saturated carbocycles. The summed E-state index contributed by atoms with van der Waals surface area (Å²) >= 11 is 0. The molecule has 0 bridgehead atoms. The molecule has 162 valence electrons. The van der Waals surface area contributed by atoms with Gasteiger partial charge in [-0.25, -0.2) is 0 Å². The molecule has 7 heteroatoms. The van der Waals surface area contributed by atoms with E-state index in [1.54, 1.807) is 0 Å². The first kappa shape index (κ1) is 21.9. The van der Waals surface area contributed by atoms with Gasteiger partial charge in [-0.3, -0.25) is 14.4 Å². The van der Waals surface area contributed by atoms with Crippen molar-refractivity contribution >= 4 is 28.7 Å². The Hall–Kier alpha value is -2.83. The lowest BCUT2D eigenvalue weighted by Crippen LogP contribution is -2.51. The number of hydrogen-bond acceptors (Lipinski definition) is 3. The molecule has 2 unspecified atom stereocenters. The number of rotatable bonds is 8. The van der Waals surface area contributed by atoms with E-state index < -0.39 is 17.9 Å². The molecule has 7 nitrogen and oxygen atoms in total. The predicted octanol–water partition coefficient (Wildman–Crippen LogP) is 3.23. The average molecular weight is 414 g/mol. The van der Waals surface area contributed by atoms with Crippen molar-refractivity contribution in [2.75, 3.05) is 0 Å². The quantitative estimate of drug-likeness (QED) is 0.618. The van der Waals surface area contributed by atoms with Crippen molar-refractivity contribution < 1.29 is 19.5 Å². The molecule has 0 aliphatic heterocycles. The van der Waals surface area contributed by atoms with Crippen LogP contribution in [0.2, 0.25) is 0 Å². The van der Waals surface area contributed by atoms with Crippen molar-refractivity contribution in [1.82, 2.24) is 15.2 Å². The number of unbranched alkanes of at least 4 members (excludes halogenated alkanes) is 1. The highest BCUT2D eigenvalue weighted by Gasteiger charge is 2.30. The summed E-state index contributed by atoms with van der Waals surface area (Å²) in [5, 5.41) is 16.1. The monoisotopic (exact) mass is 413 g/mol. The Morgan fingerprint density at radius 1 is 1.23 bits per heavy atom. The van der Waals surface area contributed by atoms with E-state index in [0.717, 1.165) is 36.6 Å². The molecule has 1 aliphatic rings. The number of nitrogens with zero attached hydrogens (tertiary/aromatic N) is 1. The predicted molar refractivity (Wildman–Crippen MR) is 115 cm³/mol. The van der Waals surface area contributed by atoms with Gasteiger partial charge in [-0.1, -0.05) is 44.4 Å². The zero-order chi connectivity index (χ0) is 21.7. The molecule has 2 amide bonds. The first-order valence-electron chi connectivity index (χ1n) is 10.8. The van der Waals surface area contributed by atoms with Crippen molar-refractivity contribution in [3.63, 3.8) is 0 Å². The average Bonchev–Trinajstić information content (AvgIpc) is 3.08. The standard InChI is InChI=1S/C23H31N3O4/c1-3-4-11-18(21(27)24-17-10-7-9-16(13-17)23(29)30)25-22(28)20-14-15-8-5-6-12-19(15)26(20)2/h5-6,8,12,14,16-18H,3-4,7,9-11,13H2,1-2H3,(H,24,27)(H,25,28)(H,29,30)/t16?,17?,18-/m0/s1. The molecular weight excluding hydrogens is 382 g/mol. The van der Waals surface area contributed by atoms with E-state index in [1.807, 2.05) is 48.9 Å². The van der Waals surface area contributed by atoms with Gasteiger partial charge in [0, 0.05) is 24.0 Å². The van der Waals surface area contributed by atoms with Gasteiger partial charge in [0.05, 0.1) is 5.92 Å². The summed E-state index contributed by atoms with van der Waals surface area (Å²) in [4.78, 5) is 37.2. The van der Waals surface area contributed by atoms with Crippen molar-refractivity contribution in [1.29, 1.82) is 0 Å². The van der Waals surface area contributed by atoms with E-state index in [-0.39, 0.29) is 17.9 Å². The van der Waals surface area contributed by atoms with Crippen molar-refractivity contribution in [2.45, 2.75) is 64.0 Å². The molecule has 30 heavy (non-hydrogen) atoms. The molecule has 1 fully saturated rings. The van der Waals surface area contributed by atoms with E-state index in [9.17, 15) is 19.5 Å². The molecule has 1 aliphatic carbocycles. The highest BCUT2D eigenvalue weighted by Crippen LogP contribution is 2.25. The minimum atomic E-state index is -0.805. The number of para-hydroxylation sites is 1. The van der Waals surface area contributed by atoms with Gasteiger partial charge in [-0.05, 0) is 37.8 Å². The van der Waals surface area contributed by atoms with Gasteiger partial charge >= 0.3 is 5.97 Å². The lowest BCUT2D eigenvalue weighted by Gasteiger charge is -2.29. The number of fused-ring (bicyclic) bond motifs is 1. The second-order valence-electron chi connectivity index (χ2n) is 8.22. The van der Waals surface area contributed by atoms with Crippen molar-refractivity contribution in [2.24, 2.45) is 13.0 Å². The van der Waals surface area contributed by atoms with Crippen molar-refractivity contribution in [3.8, 4) is 0 Å². The SMILES string of the molecule is CCCC[C@H](NC(=O)c1cc2ccccc2n1C)C(=O)NC1CCCC(C(=O)O)C1. The van der Waals surface area contributed by atoms with Crippen LogP contribution in [0.25, 0.3) is 10.9 Å². The largest absolute Gasteiger partial charge is 0.481 e. The maximum atomic E-state index is 13.0. The van der Waals surface area contributed by atoms with Gasteiger partial charge in [-0.15, -0.1) is 0 Å². The van der Waals surface area contributed by atoms with Crippen LogP contribution in [0.3, 0.4) is 0 Å². The number of hydrogen-bond donors (Lipinski definition) is 3. The minimum absolute atomic E-state index is 0.161. The second-order valence-corrected chi connectivity index (χ2v) is 8.22. The Bertz CT molecular complexity index is 920. The number of amides is 2. The molecule has 3 rings (SSSR count). The van der Waals surface area contributed by atoms with E-state index in [0.29, 0.717) is 25.0 Å². The molecule has 1 aromatic carbocycles. The molecule has 0 radical (unpaired) electrons. The number of aromatic nitrogens is 1. The summed E-state index contributed by atoms with van der Waals surface area (Å²) in [5.74, 6) is -1.73. The molecule has 3 N–H and O–H groups in total. The van der Waals surface area contributed by atoms with Gasteiger partial charge in [0.25, 0.3) is 5.91 Å². The van der Waals surface area contributed by atoms with Crippen LogP contribution < -0.4 is 10.6 Å². The fraction of sp³-hybridized carbons (Fsp3) is 0.522. The zero-order valence-corrected chi connectivity index (χ0v) is 17.7. The summed E-state index contributed by atoms with van der Waals surface area (Å²) in [6.07, 6.45) is 4.93. The van der Waals surface area contributed by atoms with Gasteiger partial charge < -0.3 is 20.3 Å². The summed E-state index contributed by atoms with van der Waals surface area (Å²) in [7, 11) is 1.84. The number of nitrogens with one attached hydrogen (secondary N) is 2. The van der Waals surface area contributed by atoms with E-state index in [1.165, 1.54) is 0 Å². The Morgan fingerprint density at radius 2 is 2.00 bits per heavy atom. The van der Waals surface area contributed by atoms with Crippen LogP contribution >= 0.6 is 0 Å². The Balaban J connectivity index is 1.70. The van der Waals surface area contributed by atoms with E-state index in [4.69, 9.17) is 0 Å². The van der Waals surface area contributed by atoms with Crippen LogP contribution in [-0.4, -0.2) is 39.5 Å². The first-order valence-corrected chi connectivity index (χ1v) is 10.8. The third-order valence-corrected chi connectivity index (χ3v) is 6.02. The molecule has 0 saturated heterocycles. The smallest absolute Gasteiger partial charge is 0.306 e. The van der Waals surface area contributed by atoms with Crippen LogP contribution in [-0.2, 0) is 16.6 Å². The molecule has 0 spiro atoms. The highest BCUT2D eigenvalue weighted by molar-refractivity contribution is 6.00. The molecule has 1 heterocycles. The zero-order valence-electron chi connectivity index (χ0n) is 17.7. The number of carbonyl (C=O) groups is 3. The van der Waals surface area contributed by atoms with Gasteiger partial charge in [0.1, 0.15) is 11.7 Å².